The van der Waals surface area contributed by atoms with Crippen molar-refractivity contribution < 1.29 is 19.1 Å². The molecule has 1 amide bonds. The van der Waals surface area contributed by atoms with Crippen LogP contribution in [0.15, 0.2) is 45.7 Å². The van der Waals surface area contributed by atoms with Crippen molar-refractivity contribution in [3.8, 4) is 11.3 Å². The Morgan fingerprint density at radius 3 is 2.72 bits per heavy atom. The van der Waals surface area contributed by atoms with Crippen LogP contribution in [0.2, 0.25) is 0 Å². The predicted molar refractivity (Wildman–Crippen MR) is 117 cm³/mol. The highest BCUT2D eigenvalue weighted by Gasteiger charge is 2.40. The van der Waals surface area contributed by atoms with Gasteiger partial charge in [-0.2, -0.15) is 0 Å². The first-order valence-electron chi connectivity index (χ1n) is 9.59. The highest BCUT2D eigenvalue weighted by Crippen LogP contribution is 2.39. The number of furan rings is 1. The molecule has 4 rings (SSSR count). The number of carbonyl (C=O) groups is 2. The molecule has 0 bridgehead atoms. The molecule has 1 aromatic carbocycles. The summed E-state index contributed by atoms with van der Waals surface area (Å²) in [6, 6.07) is 11.6. The van der Waals surface area contributed by atoms with Crippen LogP contribution >= 0.6 is 24.0 Å². The van der Waals surface area contributed by atoms with Crippen LogP contribution in [0.5, 0.6) is 0 Å². The van der Waals surface area contributed by atoms with Gasteiger partial charge in [0.25, 0.3) is 5.91 Å². The second-order valence-electron chi connectivity index (χ2n) is 7.48. The Morgan fingerprint density at radius 2 is 2.00 bits per heavy atom. The molecule has 2 unspecified atom stereocenters. The molecule has 0 radical (unpaired) electrons. The van der Waals surface area contributed by atoms with Crippen LogP contribution in [-0.4, -0.2) is 32.2 Å². The van der Waals surface area contributed by atoms with Gasteiger partial charge in [0.1, 0.15) is 15.8 Å². The van der Waals surface area contributed by atoms with E-state index in [1.165, 1.54) is 17.3 Å². The zero-order valence-electron chi connectivity index (χ0n) is 16.0. The zero-order valence-corrected chi connectivity index (χ0v) is 17.6. The van der Waals surface area contributed by atoms with E-state index in [1.807, 2.05) is 43.3 Å². The average molecular weight is 428 g/mol. The smallest absolute Gasteiger partial charge is 0.306 e. The summed E-state index contributed by atoms with van der Waals surface area (Å²) in [6.45, 7) is 2.03. The van der Waals surface area contributed by atoms with Crippen LogP contribution in [0.1, 0.15) is 37.0 Å². The number of thiocarbonyl (C=S) groups is 1. The maximum absolute atomic E-state index is 13.0. The van der Waals surface area contributed by atoms with E-state index in [-0.39, 0.29) is 11.9 Å². The van der Waals surface area contributed by atoms with E-state index < -0.39 is 11.9 Å². The molecule has 1 aliphatic carbocycles. The van der Waals surface area contributed by atoms with Crippen LogP contribution in [-0.2, 0) is 9.59 Å². The summed E-state index contributed by atoms with van der Waals surface area (Å²) in [5.41, 5.74) is 2.15. The van der Waals surface area contributed by atoms with Crippen molar-refractivity contribution >= 4 is 46.3 Å². The Balaban J connectivity index is 1.52. The summed E-state index contributed by atoms with van der Waals surface area (Å²) >= 11 is 6.69. The maximum atomic E-state index is 13.0. The van der Waals surface area contributed by atoms with Crippen molar-refractivity contribution in [1.29, 1.82) is 0 Å². The lowest BCUT2D eigenvalue weighted by molar-refractivity contribution is -0.144. The van der Waals surface area contributed by atoms with E-state index in [4.69, 9.17) is 16.6 Å². The number of benzene rings is 1. The minimum absolute atomic E-state index is 0.150. The van der Waals surface area contributed by atoms with Gasteiger partial charge in [-0.15, -0.1) is 0 Å². The second kappa shape index (κ2) is 8.16. The minimum Gasteiger partial charge on any atom is -0.481 e. The molecule has 7 heteroatoms. The highest BCUT2D eigenvalue weighted by atomic mass is 32.2. The van der Waals surface area contributed by atoms with Crippen molar-refractivity contribution in [2.45, 2.75) is 38.6 Å². The van der Waals surface area contributed by atoms with Crippen LogP contribution in [0.3, 0.4) is 0 Å². The van der Waals surface area contributed by atoms with Crippen molar-refractivity contribution in [3.63, 3.8) is 0 Å². The van der Waals surface area contributed by atoms with Crippen LogP contribution < -0.4 is 0 Å². The normalized spacial score (nSPS) is 23.8. The fraction of sp³-hybridized carbons (Fsp3) is 0.318. The van der Waals surface area contributed by atoms with Gasteiger partial charge >= 0.3 is 5.97 Å². The number of hydrogen-bond donors (Lipinski definition) is 1. The third-order valence-corrected chi connectivity index (χ3v) is 6.75. The molecule has 5 nitrogen and oxygen atoms in total. The fourth-order valence-corrected chi connectivity index (χ4v) is 5.23. The number of rotatable bonds is 4. The fourth-order valence-electron chi connectivity index (χ4n) is 3.85. The first-order valence-corrected chi connectivity index (χ1v) is 10.8. The third kappa shape index (κ3) is 4.16. The number of thioether (sulfide) groups is 1. The molecule has 1 aliphatic heterocycles. The Kier molecular flexibility index (Phi) is 5.61. The minimum atomic E-state index is -0.796. The van der Waals surface area contributed by atoms with E-state index >= 15 is 0 Å². The third-order valence-electron chi connectivity index (χ3n) is 5.42. The molecule has 2 fully saturated rings. The molecule has 150 valence electrons. The van der Waals surface area contributed by atoms with Gasteiger partial charge in [0.05, 0.1) is 10.8 Å². The number of aryl methyl sites for hydroxylation is 1. The van der Waals surface area contributed by atoms with Gasteiger partial charge in [-0.05, 0) is 38.3 Å². The van der Waals surface area contributed by atoms with Gasteiger partial charge in [0.15, 0.2) is 0 Å². The Morgan fingerprint density at radius 1 is 1.24 bits per heavy atom. The van der Waals surface area contributed by atoms with Gasteiger partial charge in [-0.25, -0.2) is 0 Å². The number of amides is 1. The molecule has 2 aromatic rings. The van der Waals surface area contributed by atoms with E-state index in [0.29, 0.717) is 27.8 Å². The molecule has 29 heavy (non-hydrogen) atoms. The molecule has 2 atom stereocenters. The SMILES string of the molecule is Cc1ccc(-c2ccc(/C=C3/SC(=S)N(C4CCCC(C(=O)O)C4)C3=O)o2)cc1. The molecule has 0 spiro atoms. The summed E-state index contributed by atoms with van der Waals surface area (Å²) in [5, 5.41) is 9.32. The van der Waals surface area contributed by atoms with Gasteiger partial charge in [-0.3, -0.25) is 14.5 Å². The first kappa shape index (κ1) is 19.9. The van der Waals surface area contributed by atoms with E-state index in [9.17, 15) is 14.7 Å². The molecule has 1 aromatic heterocycles. The monoisotopic (exact) mass is 427 g/mol. The first-order chi connectivity index (χ1) is 13.9. The second-order valence-corrected chi connectivity index (χ2v) is 9.15. The highest BCUT2D eigenvalue weighted by molar-refractivity contribution is 8.26. The number of carboxylic acids is 1. The summed E-state index contributed by atoms with van der Waals surface area (Å²) in [5.74, 6) is -0.0415. The van der Waals surface area contributed by atoms with Crippen LogP contribution in [0.4, 0.5) is 0 Å². The Hall–Kier alpha value is -2.38. The number of nitrogens with zero attached hydrogens (tertiary/aromatic N) is 1. The summed E-state index contributed by atoms with van der Waals surface area (Å²) in [4.78, 5) is 26.4. The molecule has 1 saturated carbocycles. The predicted octanol–water partition coefficient (Wildman–Crippen LogP) is 5.10. The van der Waals surface area contributed by atoms with Crippen molar-refractivity contribution in [3.05, 3.63) is 52.6 Å². The van der Waals surface area contributed by atoms with Gasteiger partial charge in [-0.1, -0.05) is 60.2 Å². The summed E-state index contributed by atoms with van der Waals surface area (Å²) < 4.78 is 6.39. The zero-order chi connectivity index (χ0) is 20.5. The Bertz CT molecular complexity index is 992. The van der Waals surface area contributed by atoms with E-state index in [1.54, 1.807) is 11.0 Å². The lowest BCUT2D eigenvalue weighted by atomic mass is 9.85. The van der Waals surface area contributed by atoms with Crippen LogP contribution in [0.25, 0.3) is 17.4 Å². The standard InChI is InChI=1S/C22H21NO4S2/c1-13-5-7-14(8-6-13)18-10-9-17(27-18)12-19-20(24)23(22(28)29-19)16-4-2-3-15(11-16)21(25)26/h5-10,12,15-16H,2-4,11H2,1H3,(H,25,26)/b19-12+. The van der Waals surface area contributed by atoms with Crippen LogP contribution in [0, 0.1) is 12.8 Å². The maximum Gasteiger partial charge on any atom is 0.306 e. The van der Waals surface area contributed by atoms with Crippen molar-refractivity contribution in [2.24, 2.45) is 5.92 Å². The number of aliphatic carboxylic acids is 1. The molecule has 2 aliphatic rings. The molecule has 1 N–H and O–H groups in total. The lowest BCUT2D eigenvalue weighted by Crippen LogP contribution is -2.42. The average Bonchev–Trinajstić information content (AvgIpc) is 3.27. The summed E-state index contributed by atoms with van der Waals surface area (Å²) in [7, 11) is 0. The topological polar surface area (TPSA) is 70.8 Å². The molecular formula is C22H21NO4S2. The largest absolute Gasteiger partial charge is 0.481 e. The van der Waals surface area contributed by atoms with Crippen molar-refractivity contribution in [1.82, 2.24) is 4.90 Å². The Labute approximate surface area is 178 Å². The quantitative estimate of drug-likeness (QED) is 0.541. The molecular weight excluding hydrogens is 406 g/mol. The van der Waals surface area contributed by atoms with E-state index in [2.05, 4.69) is 0 Å². The molecule has 2 heterocycles. The van der Waals surface area contributed by atoms with E-state index in [0.717, 1.165) is 24.2 Å². The lowest BCUT2D eigenvalue weighted by Gasteiger charge is -2.32. The van der Waals surface area contributed by atoms with Gasteiger partial charge < -0.3 is 9.52 Å². The number of hydrogen-bond acceptors (Lipinski definition) is 5. The van der Waals surface area contributed by atoms with Gasteiger partial charge in [0, 0.05) is 17.7 Å². The molecule has 1 saturated heterocycles. The van der Waals surface area contributed by atoms with Crippen molar-refractivity contribution in [2.75, 3.05) is 0 Å². The van der Waals surface area contributed by atoms with Gasteiger partial charge in [0.2, 0.25) is 0 Å². The number of carboxylic acid groups (broad SMARTS) is 1. The summed E-state index contributed by atoms with van der Waals surface area (Å²) in [6.07, 6.45) is 4.39. The number of carbonyl (C=O) groups excluding carboxylic acids is 1.